The Bertz CT molecular complexity index is 253. The van der Waals surface area contributed by atoms with Gasteiger partial charge in [-0.1, -0.05) is 3.89 Å². The van der Waals surface area contributed by atoms with Crippen molar-refractivity contribution in [3.8, 4) is 0 Å². The van der Waals surface area contributed by atoms with Crippen LogP contribution in [-0.2, 0) is 31.0 Å². The zero-order valence-corrected chi connectivity index (χ0v) is 9.81. The largest absolute Gasteiger partial charge is 0 e. The number of rotatable bonds is 2. The molecule has 1 radical (unpaired) electrons. The normalized spacial score (nSPS) is 10.6. The standard InChI is InChI=1S/C2HF3O4S.CH3.Cu.I/c3-2(4,1(6)7)10(5,8)9;;;/h(H,6,7);1H3;;. The maximum atomic E-state index is 11.5. The molecule has 0 aliphatic rings. The van der Waals surface area contributed by atoms with Crippen molar-refractivity contribution >= 4 is 40.2 Å². The number of alkyl halides is 2. The summed E-state index contributed by atoms with van der Waals surface area (Å²) < 4.78 is 52.8. The van der Waals surface area contributed by atoms with E-state index in [1.165, 1.54) is 0 Å². The van der Waals surface area contributed by atoms with Crippen LogP contribution < -0.4 is 0 Å². The molecule has 0 bridgehead atoms. The summed E-state index contributed by atoms with van der Waals surface area (Å²) in [6.45, 7) is 0. The fourth-order valence-electron chi connectivity index (χ4n) is 0.104. The quantitative estimate of drug-likeness (QED) is 0.445. The Balaban J connectivity index is -0.000000309. The minimum Gasteiger partial charge on any atom is 0 e. The van der Waals surface area contributed by atoms with E-state index < -0.39 is 21.4 Å². The molecule has 1 N–H and O–H groups in total. The van der Waals surface area contributed by atoms with Crippen molar-refractivity contribution < 1.29 is 47.0 Å². The molecule has 0 rings (SSSR count). The predicted octanol–water partition coefficient (Wildman–Crippen LogP) is 1.43. The van der Waals surface area contributed by atoms with E-state index >= 15 is 0 Å². The molecule has 0 aromatic heterocycles. The summed E-state index contributed by atoms with van der Waals surface area (Å²) in [5.41, 5.74) is 0. The van der Waals surface area contributed by atoms with Crippen LogP contribution in [0, 0.1) is 0 Å². The summed E-state index contributed by atoms with van der Waals surface area (Å²) in [6.07, 6.45) is 0. The molecule has 0 amide bonds. The number of hydrogen-bond acceptors (Lipinski definition) is 3. The molecule has 0 atom stereocenters. The van der Waals surface area contributed by atoms with E-state index in [0.717, 1.165) is 0 Å². The Hall–Kier alpha value is 0.459. The second-order valence-electron chi connectivity index (χ2n) is 1.26. The summed E-state index contributed by atoms with van der Waals surface area (Å²) in [6, 6.07) is 0. The van der Waals surface area contributed by atoms with Crippen molar-refractivity contribution in [1.29, 1.82) is 0 Å². The molecule has 0 saturated heterocycles. The minimum absolute atomic E-state index is 0. The van der Waals surface area contributed by atoms with Crippen molar-refractivity contribution in [3.05, 3.63) is 0 Å². The van der Waals surface area contributed by atoms with Gasteiger partial charge in [0, 0.05) is 24.0 Å². The first-order valence-electron chi connectivity index (χ1n) is 2.05. The van der Waals surface area contributed by atoms with E-state index in [2.05, 4.69) is 16.0 Å². The molecule has 0 unspecified atom stereocenters. The van der Waals surface area contributed by atoms with Crippen LogP contribution in [0.15, 0.2) is 0 Å². The van der Waals surface area contributed by atoms with E-state index in [-0.39, 0.29) is 24.0 Å². The Kier molecular flexibility index (Phi) is 10.1. The molecular formula is C3H4CuF3IO4S. The topological polar surface area (TPSA) is 71.4 Å². The number of carboxylic acids is 1. The van der Waals surface area contributed by atoms with Crippen LogP contribution in [0.1, 0.15) is 0 Å². The fourth-order valence-corrected chi connectivity index (χ4v) is 0.313. The van der Waals surface area contributed by atoms with Gasteiger partial charge in [0.25, 0.3) is 0 Å². The first-order chi connectivity index (χ1) is 5.19. The van der Waals surface area contributed by atoms with Gasteiger partial charge >= 0.3 is 43.3 Å². The molecule has 0 fully saturated rings. The van der Waals surface area contributed by atoms with Crippen LogP contribution >= 0.6 is 24.0 Å². The summed E-state index contributed by atoms with van der Waals surface area (Å²) in [5, 5.41) is 2.07. The second kappa shape index (κ2) is 6.85. The van der Waals surface area contributed by atoms with Gasteiger partial charge in [-0.2, -0.15) is 17.2 Å². The van der Waals surface area contributed by atoms with Crippen molar-refractivity contribution in [2.24, 2.45) is 0 Å². The molecule has 13 heavy (non-hydrogen) atoms. The zero-order valence-electron chi connectivity index (χ0n) is 5.89. The molecule has 10 heteroatoms. The van der Waals surface area contributed by atoms with Crippen molar-refractivity contribution in [2.75, 3.05) is 0 Å². The Morgan fingerprint density at radius 1 is 1.38 bits per heavy atom. The van der Waals surface area contributed by atoms with Gasteiger partial charge in [0.15, 0.2) is 0 Å². The summed E-state index contributed by atoms with van der Waals surface area (Å²) >= 11 is 4.19. The molecule has 4 nitrogen and oxygen atoms in total. The van der Waals surface area contributed by atoms with Gasteiger partial charge in [-0.15, -0.1) is 0 Å². The summed E-state index contributed by atoms with van der Waals surface area (Å²) in [5.74, 6) is -1.47. The molecule has 85 valence electrons. The van der Waals surface area contributed by atoms with E-state index in [9.17, 15) is 25.9 Å². The Morgan fingerprint density at radius 3 is 1.62 bits per heavy atom. The van der Waals surface area contributed by atoms with Gasteiger partial charge in [-0.05, 0) is 0 Å². The Morgan fingerprint density at radius 2 is 1.62 bits per heavy atom. The van der Waals surface area contributed by atoms with Gasteiger partial charge in [-0.3, -0.25) is 0 Å². The van der Waals surface area contributed by atoms with Crippen LogP contribution in [0.4, 0.5) is 12.7 Å². The fraction of sp³-hybridized carbons (Fsp3) is 0.667. The van der Waals surface area contributed by atoms with Crippen molar-refractivity contribution in [1.82, 2.24) is 0 Å². The number of carbonyl (C=O) groups is 1. The van der Waals surface area contributed by atoms with Crippen LogP contribution in [0.2, 0.25) is 5.82 Å². The minimum atomic E-state index is -6.33. The molecule has 0 spiro atoms. The van der Waals surface area contributed by atoms with Crippen LogP contribution in [0.5, 0.6) is 0 Å². The third kappa shape index (κ3) is 5.70. The number of aliphatic carboxylic acids is 1. The summed E-state index contributed by atoms with van der Waals surface area (Å²) in [4.78, 5) is 9.30. The van der Waals surface area contributed by atoms with E-state index in [0.29, 0.717) is 0 Å². The van der Waals surface area contributed by atoms with Gasteiger partial charge in [0.1, 0.15) is 0 Å². The molecule has 0 aromatic carbocycles. The smallest absolute Gasteiger partial charge is 0 e. The van der Waals surface area contributed by atoms with Gasteiger partial charge in [-0.25, -0.2) is 4.79 Å². The predicted molar refractivity (Wildman–Crippen MR) is 42.5 cm³/mol. The Labute approximate surface area is 97.9 Å². The number of carboxylic acid groups (broad SMARTS) is 1. The molecule has 0 aromatic rings. The van der Waals surface area contributed by atoms with Gasteiger partial charge in [0.05, 0.1) is 0 Å². The molecule has 0 saturated carbocycles. The van der Waals surface area contributed by atoms with Crippen molar-refractivity contribution in [3.63, 3.8) is 0 Å². The molecule has 0 aliphatic heterocycles. The maximum Gasteiger partial charge on any atom is 0 e. The first kappa shape index (κ1) is 19.1. The zero-order chi connectivity index (χ0) is 10.6. The third-order valence-electron chi connectivity index (χ3n) is 0.555. The average Bonchev–Trinajstić information content (AvgIpc) is 1.89. The van der Waals surface area contributed by atoms with Gasteiger partial charge < -0.3 is 5.11 Å². The average molecular weight is 384 g/mol. The van der Waals surface area contributed by atoms with Crippen LogP contribution in [-0.4, -0.2) is 24.7 Å². The van der Waals surface area contributed by atoms with E-state index in [1.807, 2.05) is 0 Å². The number of hydrogen-bond donors (Lipinski definition) is 1. The van der Waals surface area contributed by atoms with Crippen LogP contribution in [0.25, 0.3) is 0 Å². The monoisotopic (exact) mass is 383 g/mol. The third-order valence-corrected chi connectivity index (χ3v) is 1.34. The van der Waals surface area contributed by atoms with Gasteiger partial charge in [0.2, 0.25) is 0 Å². The van der Waals surface area contributed by atoms with Crippen LogP contribution in [0.3, 0.4) is 0 Å². The molecule has 0 aliphatic carbocycles. The molecular weight excluding hydrogens is 380 g/mol. The SMILES string of the molecule is O=C(O)C(F)(F)S(=O)(=O)F.[CH3][Cu].[I]. The first-order valence-corrected chi connectivity index (χ1v) is 4.37. The number of halogens is 4. The second-order valence-corrected chi connectivity index (χ2v) is 2.65. The maximum absolute atomic E-state index is 11.5. The molecule has 0 heterocycles. The van der Waals surface area contributed by atoms with Crippen molar-refractivity contribution in [2.45, 2.75) is 11.1 Å². The summed E-state index contributed by atoms with van der Waals surface area (Å²) in [7, 11) is -6.33. The van der Waals surface area contributed by atoms with E-state index in [1.54, 1.807) is 5.82 Å². The van der Waals surface area contributed by atoms with E-state index in [4.69, 9.17) is 5.11 Å².